The van der Waals surface area contributed by atoms with E-state index in [2.05, 4.69) is 31.1 Å². The molecule has 0 fully saturated rings. The van der Waals surface area contributed by atoms with Gasteiger partial charge in [-0.15, -0.1) is 5.54 Å². The second kappa shape index (κ2) is 7.22. The summed E-state index contributed by atoms with van der Waals surface area (Å²) >= 11 is 0. The van der Waals surface area contributed by atoms with E-state index in [1.807, 2.05) is 20.8 Å². The number of nitrogens with zero attached hydrogens (tertiary/aromatic N) is 1. The van der Waals surface area contributed by atoms with Crippen molar-refractivity contribution in [2.75, 3.05) is 19.7 Å². The number of carbonyl (C=O) groups excluding carboxylic acids is 2. The lowest BCUT2D eigenvalue weighted by molar-refractivity contribution is -0.138. The zero-order valence-corrected chi connectivity index (χ0v) is 16.2. The van der Waals surface area contributed by atoms with Crippen LogP contribution in [0.25, 0.3) is 0 Å². The maximum Gasteiger partial charge on any atom is 0.410 e. The second-order valence-electron chi connectivity index (χ2n) is 7.51. The van der Waals surface area contributed by atoms with Crippen LogP contribution in [0.15, 0.2) is 11.1 Å². The van der Waals surface area contributed by atoms with Crippen molar-refractivity contribution >= 4 is 20.1 Å². The van der Waals surface area contributed by atoms with Gasteiger partial charge < -0.3 is 9.47 Å². The standard InChI is InChI=1S/C17H27NO4Si/c1-8-21-15(19)14-12-18(16(20)22-17(2,3)4)11-13(14)9-10-23(5,6)7/h8,11-12H2,1-7H3. The van der Waals surface area contributed by atoms with Gasteiger partial charge >= 0.3 is 12.1 Å². The lowest BCUT2D eigenvalue weighted by Crippen LogP contribution is -2.36. The van der Waals surface area contributed by atoms with Crippen LogP contribution in [0.2, 0.25) is 19.6 Å². The number of carbonyl (C=O) groups is 2. The van der Waals surface area contributed by atoms with Crippen molar-refractivity contribution in [1.82, 2.24) is 4.90 Å². The number of rotatable bonds is 2. The van der Waals surface area contributed by atoms with Gasteiger partial charge in [0.1, 0.15) is 13.7 Å². The molecule has 1 amide bonds. The molecule has 5 nitrogen and oxygen atoms in total. The third kappa shape index (κ3) is 6.49. The summed E-state index contributed by atoms with van der Waals surface area (Å²) < 4.78 is 10.5. The summed E-state index contributed by atoms with van der Waals surface area (Å²) in [6.07, 6.45) is -0.441. The van der Waals surface area contributed by atoms with Crippen molar-refractivity contribution < 1.29 is 19.1 Å². The highest BCUT2D eigenvalue weighted by molar-refractivity contribution is 6.83. The predicted molar refractivity (Wildman–Crippen MR) is 92.6 cm³/mol. The molecular weight excluding hydrogens is 310 g/mol. The molecule has 1 rings (SSSR count). The van der Waals surface area contributed by atoms with Crippen molar-refractivity contribution in [2.45, 2.75) is 52.9 Å². The summed E-state index contributed by atoms with van der Waals surface area (Å²) in [4.78, 5) is 25.8. The quantitative estimate of drug-likeness (QED) is 0.442. The molecule has 0 aromatic rings. The highest BCUT2D eigenvalue weighted by atomic mass is 28.3. The lowest BCUT2D eigenvalue weighted by atomic mass is 10.2. The Morgan fingerprint density at radius 1 is 1.22 bits per heavy atom. The minimum atomic E-state index is -1.58. The molecule has 0 unspecified atom stereocenters. The van der Waals surface area contributed by atoms with Gasteiger partial charge in [0.05, 0.1) is 25.3 Å². The van der Waals surface area contributed by atoms with Gasteiger partial charge in [-0.25, -0.2) is 9.59 Å². The van der Waals surface area contributed by atoms with E-state index in [0.29, 0.717) is 24.3 Å². The molecule has 1 aliphatic rings. The lowest BCUT2D eigenvalue weighted by Gasteiger charge is -2.24. The first-order chi connectivity index (χ1) is 10.4. The first-order valence-corrected chi connectivity index (χ1v) is 11.3. The molecule has 0 saturated carbocycles. The normalized spacial score (nSPS) is 15.2. The molecule has 0 radical (unpaired) electrons. The number of hydrogen-bond acceptors (Lipinski definition) is 4. The Morgan fingerprint density at radius 3 is 2.30 bits per heavy atom. The summed E-state index contributed by atoms with van der Waals surface area (Å²) in [7, 11) is -1.58. The van der Waals surface area contributed by atoms with Crippen LogP contribution in [0.5, 0.6) is 0 Å². The summed E-state index contributed by atoms with van der Waals surface area (Å²) in [5, 5.41) is 0. The summed E-state index contributed by atoms with van der Waals surface area (Å²) in [5.41, 5.74) is 3.79. The molecule has 0 N–H and O–H groups in total. The van der Waals surface area contributed by atoms with Gasteiger partial charge in [0.2, 0.25) is 0 Å². The second-order valence-corrected chi connectivity index (χ2v) is 12.3. The molecule has 128 valence electrons. The molecule has 0 aliphatic carbocycles. The minimum absolute atomic E-state index is 0.184. The van der Waals surface area contributed by atoms with E-state index in [9.17, 15) is 9.59 Å². The Morgan fingerprint density at radius 2 is 1.83 bits per heavy atom. The van der Waals surface area contributed by atoms with Crippen LogP contribution in [0.1, 0.15) is 27.7 Å². The molecule has 0 spiro atoms. The van der Waals surface area contributed by atoms with E-state index < -0.39 is 25.7 Å². The van der Waals surface area contributed by atoms with E-state index >= 15 is 0 Å². The third-order valence-corrected chi connectivity index (χ3v) is 3.70. The van der Waals surface area contributed by atoms with Gasteiger partial charge in [-0.3, -0.25) is 4.90 Å². The molecule has 0 bridgehead atoms. The average molecular weight is 337 g/mol. The van der Waals surface area contributed by atoms with Crippen molar-refractivity contribution in [2.24, 2.45) is 0 Å². The number of amides is 1. The number of ether oxygens (including phenoxy) is 2. The molecular formula is C17H27NO4Si. The summed E-state index contributed by atoms with van der Waals surface area (Å²) in [6.45, 7) is 14.4. The van der Waals surface area contributed by atoms with Crippen LogP contribution in [0, 0.1) is 11.5 Å². The smallest absolute Gasteiger partial charge is 0.410 e. The van der Waals surface area contributed by atoms with Crippen LogP contribution in [-0.4, -0.2) is 50.3 Å². The van der Waals surface area contributed by atoms with Gasteiger partial charge in [-0.05, 0) is 27.7 Å². The first-order valence-electron chi connectivity index (χ1n) is 7.83. The van der Waals surface area contributed by atoms with E-state index in [4.69, 9.17) is 9.47 Å². The molecule has 1 heterocycles. The van der Waals surface area contributed by atoms with E-state index in [0.717, 1.165) is 0 Å². The minimum Gasteiger partial charge on any atom is -0.463 e. The van der Waals surface area contributed by atoms with Gasteiger partial charge in [0.25, 0.3) is 0 Å². The fourth-order valence-electron chi connectivity index (χ4n) is 1.87. The molecule has 0 atom stereocenters. The fourth-order valence-corrected chi connectivity index (χ4v) is 2.39. The van der Waals surface area contributed by atoms with Gasteiger partial charge in [0.15, 0.2) is 0 Å². The van der Waals surface area contributed by atoms with Crippen LogP contribution in [0.4, 0.5) is 4.79 Å². The molecule has 1 aliphatic heterocycles. The summed E-state index contributed by atoms with van der Waals surface area (Å²) in [5.74, 6) is 2.70. The molecule has 23 heavy (non-hydrogen) atoms. The average Bonchev–Trinajstić information content (AvgIpc) is 2.78. The third-order valence-electron chi connectivity index (χ3n) is 2.82. The zero-order chi connectivity index (χ0) is 17.8. The fraction of sp³-hybridized carbons (Fsp3) is 0.647. The topological polar surface area (TPSA) is 55.8 Å². The Hall–Kier alpha value is -1.74. The van der Waals surface area contributed by atoms with Crippen LogP contribution < -0.4 is 0 Å². The highest BCUT2D eigenvalue weighted by Crippen LogP contribution is 2.21. The van der Waals surface area contributed by atoms with Crippen molar-refractivity contribution in [3.8, 4) is 11.5 Å². The predicted octanol–water partition coefficient (Wildman–Crippen LogP) is 2.98. The Kier molecular flexibility index (Phi) is 6.06. The molecule has 0 saturated heterocycles. The SMILES string of the molecule is CCOC(=O)C1=C(C#C[Si](C)(C)C)CN(C(=O)OC(C)(C)C)C1. The number of esters is 1. The van der Waals surface area contributed by atoms with E-state index in [-0.39, 0.29) is 6.54 Å². The van der Waals surface area contributed by atoms with Crippen LogP contribution in [-0.2, 0) is 14.3 Å². The van der Waals surface area contributed by atoms with Crippen LogP contribution in [0.3, 0.4) is 0 Å². The van der Waals surface area contributed by atoms with Crippen molar-refractivity contribution in [3.05, 3.63) is 11.1 Å². The largest absolute Gasteiger partial charge is 0.463 e. The molecule has 0 aromatic carbocycles. The Bertz CT molecular complexity index is 570. The van der Waals surface area contributed by atoms with Crippen LogP contribution >= 0.6 is 0 Å². The maximum absolute atomic E-state index is 12.2. The van der Waals surface area contributed by atoms with E-state index in [1.54, 1.807) is 6.92 Å². The highest BCUT2D eigenvalue weighted by Gasteiger charge is 2.32. The summed E-state index contributed by atoms with van der Waals surface area (Å²) in [6, 6.07) is 0. The molecule has 6 heteroatoms. The Labute approximate surface area is 140 Å². The monoisotopic (exact) mass is 337 g/mol. The zero-order valence-electron chi connectivity index (χ0n) is 15.2. The van der Waals surface area contributed by atoms with E-state index in [1.165, 1.54) is 4.90 Å². The number of hydrogen-bond donors (Lipinski definition) is 0. The molecule has 0 aromatic heterocycles. The van der Waals surface area contributed by atoms with Gasteiger partial charge in [-0.2, -0.15) is 0 Å². The van der Waals surface area contributed by atoms with Crippen molar-refractivity contribution in [3.63, 3.8) is 0 Å². The maximum atomic E-state index is 12.2. The Balaban J connectivity index is 2.99. The van der Waals surface area contributed by atoms with Crippen molar-refractivity contribution in [1.29, 1.82) is 0 Å². The first kappa shape index (κ1) is 19.3. The van der Waals surface area contributed by atoms with Gasteiger partial charge in [-0.1, -0.05) is 25.6 Å². The van der Waals surface area contributed by atoms with Gasteiger partial charge in [0, 0.05) is 5.57 Å².